The van der Waals surface area contributed by atoms with E-state index >= 15 is 0 Å². The van der Waals surface area contributed by atoms with Crippen molar-refractivity contribution in [3.8, 4) is 0 Å². The zero-order chi connectivity index (χ0) is 11.7. The Morgan fingerprint density at radius 2 is 1.94 bits per heavy atom. The van der Waals surface area contributed by atoms with Crippen molar-refractivity contribution >= 4 is 16.8 Å². The van der Waals surface area contributed by atoms with Gasteiger partial charge in [0.05, 0.1) is 0 Å². The minimum atomic E-state index is 0.608. The normalized spacial score (nSPS) is 18.0. The lowest BCUT2D eigenvalue weighted by atomic mass is 9.83. The summed E-state index contributed by atoms with van der Waals surface area (Å²) < 4.78 is 0. The minimum absolute atomic E-state index is 0.608. The molecule has 0 heteroatoms. The highest BCUT2D eigenvalue weighted by Crippen LogP contribution is 2.35. The van der Waals surface area contributed by atoms with E-state index in [-0.39, 0.29) is 0 Å². The van der Waals surface area contributed by atoms with Crippen LogP contribution in [0.3, 0.4) is 0 Å². The maximum Gasteiger partial charge on any atom is -0.00867 e. The fourth-order valence-electron chi connectivity index (χ4n) is 2.68. The molecule has 0 spiro atoms. The van der Waals surface area contributed by atoms with Gasteiger partial charge in [0.2, 0.25) is 0 Å². The number of allylic oxidation sites excluding steroid dienone is 2. The number of hydrogen-bond acceptors (Lipinski definition) is 0. The van der Waals surface area contributed by atoms with Crippen LogP contribution in [0.5, 0.6) is 0 Å². The molecule has 1 aliphatic rings. The molecule has 0 saturated carbocycles. The summed E-state index contributed by atoms with van der Waals surface area (Å²) in [6, 6.07) is 13.2. The van der Waals surface area contributed by atoms with Crippen LogP contribution in [0.25, 0.3) is 16.8 Å². The molecule has 0 aromatic heterocycles. The highest BCUT2D eigenvalue weighted by molar-refractivity contribution is 5.86. The first kappa shape index (κ1) is 10.3. The second kappa shape index (κ2) is 4.21. The van der Waals surface area contributed by atoms with Gasteiger partial charge in [-0.1, -0.05) is 48.6 Å². The fraction of sp³-hybridized carbons (Fsp3) is 0.176. The standard InChI is InChI=1S/C17H16/c1-2-6-13-9-5-10-16-11-14-7-3-4-8-15(14)12-17(13)16/h2-5,7-8,10-13H,1,6,9H2. The van der Waals surface area contributed by atoms with E-state index in [0.29, 0.717) is 5.92 Å². The van der Waals surface area contributed by atoms with Gasteiger partial charge in [0.15, 0.2) is 0 Å². The van der Waals surface area contributed by atoms with Gasteiger partial charge in [-0.3, -0.25) is 0 Å². The Morgan fingerprint density at radius 3 is 2.71 bits per heavy atom. The van der Waals surface area contributed by atoms with E-state index in [0.717, 1.165) is 12.8 Å². The molecular formula is C17H16. The third-order valence-electron chi connectivity index (χ3n) is 3.56. The molecule has 0 fully saturated rings. The van der Waals surface area contributed by atoms with Crippen molar-refractivity contribution in [2.75, 3.05) is 0 Å². The number of fused-ring (bicyclic) bond motifs is 2. The first-order valence-electron chi connectivity index (χ1n) is 6.18. The van der Waals surface area contributed by atoms with Crippen LogP contribution in [0.15, 0.2) is 55.1 Å². The van der Waals surface area contributed by atoms with Crippen molar-refractivity contribution in [3.05, 3.63) is 66.3 Å². The molecule has 2 aromatic rings. The lowest BCUT2D eigenvalue weighted by molar-refractivity contribution is 0.707. The Balaban J connectivity index is 2.19. The van der Waals surface area contributed by atoms with E-state index in [4.69, 9.17) is 0 Å². The topological polar surface area (TPSA) is 0 Å². The maximum absolute atomic E-state index is 3.87. The van der Waals surface area contributed by atoms with Crippen LogP contribution in [-0.2, 0) is 0 Å². The smallest absolute Gasteiger partial charge is 0.00867 e. The molecule has 1 atom stereocenters. The lowest BCUT2D eigenvalue weighted by Crippen LogP contribution is -2.03. The van der Waals surface area contributed by atoms with Gasteiger partial charge in [-0.2, -0.15) is 0 Å². The summed E-state index contributed by atoms with van der Waals surface area (Å²) in [7, 11) is 0. The Hall–Kier alpha value is -1.82. The number of rotatable bonds is 2. The van der Waals surface area contributed by atoms with E-state index < -0.39 is 0 Å². The van der Waals surface area contributed by atoms with Gasteiger partial charge in [-0.25, -0.2) is 0 Å². The van der Waals surface area contributed by atoms with Crippen LogP contribution < -0.4 is 0 Å². The zero-order valence-electron chi connectivity index (χ0n) is 9.89. The predicted octanol–water partition coefficient (Wildman–Crippen LogP) is 4.92. The largest absolute Gasteiger partial charge is 0.103 e. The number of hydrogen-bond donors (Lipinski definition) is 0. The molecule has 0 saturated heterocycles. The summed E-state index contributed by atoms with van der Waals surface area (Å²) in [5.41, 5.74) is 2.85. The van der Waals surface area contributed by atoms with Gasteiger partial charge >= 0.3 is 0 Å². The van der Waals surface area contributed by atoms with Crippen LogP contribution >= 0.6 is 0 Å². The third-order valence-corrected chi connectivity index (χ3v) is 3.56. The molecule has 3 rings (SSSR count). The van der Waals surface area contributed by atoms with Crippen LogP contribution in [0.4, 0.5) is 0 Å². The Labute approximate surface area is 102 Å². The van der Waals surface area contributed by atoms with E-state index in [9.17, 15) is 0 Å². The Bertz CT molecular complexity index is 590. The maximum atomic E-state index is 3.87. The molecule has 0 N–H and O–H groups in total. The second-order valence-corrected chi connectivity index (χ2v) is 4.69. The van der Waals surface area contributed by atoms with Gasteiger partial charge in [0.1, 0.15) is 0 Å². The minimum Gasteiger partial charge on any atom is -0.103 e. The Morgan fingerprint density at radius 1 is 1.18 bits per heavy atom. The van der Waals surface area contributed by atoms with Crippen molar-refractivity contribution in [3.63, 3.8) is 0 Å². The molecule has 0 heterocycles. The van der Waals surface area contributed by atoms with Gasteiger partial charge in [-0.15, -0.1) is 6.58 Å². The second-order valence-electron chi connectivity index (χ2n) is 4.69. The molecule has 1 aliphatic carbocycles. The molecule has 0 amide bonds. The molecule has 0 aliphatic heterocycles. The molecular weight excluding hydrogens is 204 g/mol. The summed E-state index contributed by atoms with van der Waals surface area (Å²) in [4.78, 5) is 0. The van der Waals surface area contributed by atoms with Gasteiger partial charge in [0, 0.05) is 0 Å². The van der Waals surface area contributed by atoms with E-state index in [2.05, 4.69) is 55.1 Å². The van der Waals surface area contributed by atoms with Crippen molar-refractivity contribution in [1.29, 1.82) is 0 Å². The summed E-state index contributed by atoms with van der Waals surface area (Å²) in [5, 5.41) is 2.67. The fourth-order valence-corrected chi connectivity index (χ4v) is 2.68. The summed E-state index contributed by atoms with van der Waals surface area (Å²) in [6.07, 6.45) is 8.77. The SMILES string of the molecule is C=CCC1CC=Cc2cc3ccccc3cc21. The van der Waals surface area contributed by atoms with E-state index in [1.54, 1.807) is 0 Å². The molecule has 2 aromatic carbocycles. The van der Waals surface area contributed by atoms with Gasteiger partial charge in [0.25, 0.3) is 0 Å². The first-order chi connectivity index (χ1) is 8.38. The molecule has 17 heavy (non-hydrogen) atoms. The molecule has 0 nitrogen and oxygen atoms in total. The molecule has 0 bridgehead atoms. The quantitative estimate of drug-likeness (QED) is 0.630. The first-order valence-corrected chi connectivity index (χ1v) is 6.18. The summed E-state index contributed by atoms with van der Waals surface area (Å²) in [6.45, 7) is 3.87. The van der Waals surface area contributed by atoms with Crippen LogP contribution in [0, 0.1) is 0 Å². The van der Waals surface area contributed by atoms with E-state index in [1.807, 2.05) is 6.08 Å². The molecule has 84 valence electrons. The highest BCUT2D eigenvalue weighted by atomic mass is 14.2. The van der Waals surface area contributed by atoms with Crippen LogP contribution in [-0.4, -0.2) is 0 Å². The lowest BCUT2D eigenvalue weighted by Gasteiger charge is -2.21. The van der Waals surface area contributed by atoms with Crippen molar-refractivity contribution in [2.24, 2.45) is 0 Å². The van der Waals surface area contributed by atoms with Crippen LogP contribution in [0.1, 0.15) is 29.9 Å². The van der Waals surface area contributed by atoms with Gasteiger partial charge in [-0.05, 0) is 46.7 Å². The van der Waals surface area contributed by atoms with Crippen molar-refractivity contribution in [2.45, 2.75) is 18.8 Å². The highest BCUT2D eigenvalue weighted by Gasteiger charge is 2.16. The van der Waals surface area contributed by atoms with E-state index in [1.165, 1.54) is 21.9 Å². The van der Waals surface area contributed by atoms with Crippen molar-refractivity contribution in [1.82, 2.24) is 0 Å². The summed E-state index contributed by atoms with van der Waals surface area (Å²) >= 11 is 0. The van der Waals surface area contributed by atoms with Crippen LogP contribution in [0.2, 0.25) is 0 Å². The average Bonchev–Trinajstić information content (AvgIpc) is 2.37. The monoisotopic (exact) mass is 220 g/mol. The average molecular weight is 220 g/mol. The van der Waals surface area contributed by atoms with Crippen molar-refractivity contribution < 1.29 is 0 Å². The molecule has 0 radical (unpaired) electrons. The van der Waals surface area contributed by atoms with Gasteiger partial charge < -0.3 is 0 Å². The third kappa shape index (κ3) is 1.80. The zero-order valence-corrected chi connectivity index (χ0v) is 9.89. The number of benzene rings is 2. The molecule has 1 unspecified atom stereocenters. The predicted molar refractivity (Wildman–Crippen MR) is 75.2 cm³/mol. The summed E-state index contributed by atoms with van der Waals surface area (Å²) in [5.74, 6) is 0.608. The Kier molecular flexibility index (Phi) is 2.56.